The maximum Gasteiger partial charge on any atom is 0.247 e. The van der Waals surface area contributed by atoms with Crippen LogP contribution in [0.5, 0.6) is 5.75 Å². The molecule has 38 heavy (non-hydrogen) atoms. The molecule has 1 fully saturated rings. The second-order valence-corrected chi connectivity index (χ2v) is 12.3. The Morgan fingerprint density at radius 2 is 1.89 bits per heavy atom. The van der Waals surface area contributed by atoms with E-state index in [4.69, 9.17) is 9.47 Å². The molecule has 0 bridgehead atoms. The molecule has 0 unspecified atom stereocenters. The molecule has 0 aliphatic carbocycles. The topological polar surface area (TPSA) is 79.3 Å². The minimum atomic E-state index is -3.94. The van der Waals surface area contributed by atoms with Crippen LogP contribution in [0, 0.1) is 29.5 Å². The summed E-state index contributed by atoms with van der Waals surface area (Å²) in [4.78, 5) is 2.28. The number of nitrogens with zero attached hydrogens (tertiary/aromatic N) is 2. The first-order chi connectivity index (χ1) is 18.2. The van der Waals surface area contributed by atoms with Crippen molar-refractivity contribution in [3.8, 4) is 17.6 Å². The number of fused-ring (bicyclic) bond motifs is 1. The summed E-state index contributed by atoms with van der Waals surface area (Å²) in [5.41, 5.74) is 0.781. The van der Waals surface area contributed by atoms with Crippen LogP contribution in [0.1, 0.15) is 37.8 Å². The van der Waals surface area contributed by atoms with Crippen LogP contribution in [-0.4, -0.2) is 81.4 Å². The molecule has 206 valence electrons. The predicted octanol–water partition coefficient (Wildman–Crippen LogP) is 3.35. The molecule has 0 aromatic heterocycles. The van der Waals surface area contributed by atoms with Gasteiger partial charge in [-0.05, 0) is 63.1 Å². The fourth-order valence-corrected chi connectivity index (χ4v) is 6.80. The van der Waals surface area contributed by atoms with E-state index in [1.165, 1.54) is 16.4 Å². The van der Waals surface area contributed by atoms with Gasteiger partial charge in [0.05, 0.1) is 12.2 Å². The zero-order valence-corrected chi connectivity index (χ0v) is 23.1. The average molecular weight is 545 g/mol. The molecular formula is C29H37FN2O5S. The van der Waals surface area contributed by atoms with E-state index in [-0.39, 0.29) is 41.4 Å². The highest BCUT2D eigenvalue weighted by molar-refractivity contribution is 7.89. The van der Waals surface area contributed by atoms with E-state index < -0.39 is 21.9 Å². The van der Waals surface area contributed by atoms with Gasteiger partial charge in [0.1, 0.15) is 22.6 Å². The molecule has 2 aliphatic rings. The highest BCUT2D eigenvalue weighted by Gasteiger charge is 2.38. The SMILES string of the molecule is C[C@H](CO)N1C[C@H](C)[C@@H](CN(C)CC2CCOCC2)Oc2cc(C#Cc3ccccc3F)ccc2S1(=O)=O. The van der Waals surface area contributed by atoms with Gasteiger partial charge in [0.2, 0.25) is 10.0 Å². The van der Waals surface area contributed by atoms with Crippen LogP contribution in [0.2, 0.25) is 0 Å². The third-order valence-corrected chi connectivity index (χ3v) is 9.30. The van der Waals surface area contributed by atoms with E-state index in [9.17, 15) is 17.9 Å². The maximum atomic E-state index is 14.1. The summed E-state index contributed by atoms with van der Waals surface area (Å²) in [6.07, 6.45) is 1.76. The van der Waals surface area contributed by atoms with E-state index in [0.29, 0.717) is 18.0 Å². The highest BCUT2D eigenvalue weighted by Crippen LogP contribution is 2.34. The van der Waals surface area contributed by atoms with Gasteiger partial charge < -0.3 is 19.5 Å². The Kier molecular flexibility index (Phi) is 9.45. The smallest absolute Gasteiger partial charge is 0.247 e. The second kappa shape index (κ2) is 12.6. The van der Waals surface area contributed by atoms with Gasteiger partial charge in [-0.25, -0.2) is 12.8 Å². The van der Waals surface area contributed by atoms with Crippen molar-refractivity contribution in [1.29, 1.82) is 0 Å². The Morgan fingerprint density at radius 1 is 1.16 bits per heavy atom. The second-order valence-electron chi connectivity index (χ2n) is 10.4. The van der Waals surface area contributed by atoms with Crippen LogP contribution in [0.25, 0.3) is 0 Å². The van der Waals surface area contributed by atoms with Gasteiger partial charge in [0, 0.05) is 50.4 Å². The van der Waals surface area contributed by atoms with Gasteiger partial charge in [-0.1, -0.05) is 30.9 Å². The molecule has 0 saturated carbocycles. The number of ether oxygens (including phenoxy) is 2. The van der Waals surface area contributed by atoms with Gasteiger partial charge in [0.15, 0.2) is 0 Å². The first-order valence-corrected chi connectivity index (χ1v) is 14.6. The quantitative estimate of drug-likeness (QED) is 0.562. The maximum absolute atomic E-state index is 14.1. The van der Waals surface area contributed by atoms with Crippen molar-refractivity contribution in [3.05, 3.63) is 59.4 Å². The number of halogens is 1. The normalized spacial score (nSPS) is 22.9. The summed E-state index contributed by atoms with van der Waals surface area (Å²) < 4.78 is 54.7. The number of aliphatic hydroxyl groups excluding tert-OH is 1. The highest BCUT2D eigenvalue weighted by atomic mass is 32.2. The molecule has 2 aliphatic heterocycles. The minimum Gasteiger partial charge on any atom is -0.487 e. The lowest BCUT2D eigenvalue weighted by molar-refractivity contribution is 0.0402. The number of hydrogen-bond acceptors (Lipinski definition) is 6. The van der Waals surface area contributed by atoms with E-state index in [1.807, 2.05) is 6.92 Å². The van der Waals surface area contributed by atoms with E-state index in [2.05, 4.69) is 23.8 Å². The molecule has 2 heterocycles. The Balaban J connectivity index is 1.67. The van der Waals surface area contributed by atoms with Crippen molar-refractivity contribution in [2.24, 2.45) is 11.8 Å². The molecule has 2 aromatic rings. The van der Waals surface area contributed by atoms with E-state index in [1.54, 1.807) is 37.3 Å². The lowest BCUT2D eigenvalue weighted by Gasteiger charge is -2.38. The summed E-state index contributed by atoms with van der Waals surface area (Å²) in [5, 5.41) is 9.85. The zero-order valence-electron chi connectivity index (χ0n) is 22.3. The first-order valence-electron chi connectivity index (χ1n) is 13.1. The van der Waals surface area contributed by atoms with Gasteiger partial charge in [-0.15, -0.1) is 0 Å². The Bertz CT molecular complexity index is 1270. The van der Waals surface area contributed by atoms with Crippen LogP contribution in [0.15, 0.2) is 47.4 Å². The molecule has 0 amide bonds. The standard InChI is InChI=1S/C29H37FN2O5S/c1-21-17-32(22(2)20-33)38(34,35)29-11-9-23(8-10-25-6-4-5-7-26(25)30)16-27(29)37-28(21)19-31(3)18-24-12-14-36-15-13-24/h4-7,9,11,16,21-22,24,28,33H,12-15,17-20H2,1-3H3/t21-,22+,28+/m0/s1. The number of aliphatic hydroxyl groups is 1. The predicted molar refractivity (Wildman–Crippen MR) is 144 cm³/mol. The van der Waals surface area contributed by atoms with Crippen LogP contribution >= 0.6 is 0 Å². The number of hydrogen-bond donors (Lipinski definition) is 1. The van der Waals surface area contributed by atoms with Gasteiger partial charge >= 0.3 is 0 Å². The van der Waals surface area contributed by atoms with Gasteiger partial charge in [0.25, 0.3) is 0 Å². The molecule has 4 rings (SSSR count). The van der Waals surface area contributed by atoms with Crippen molar-refractivity contribution < 1.29 is 27.4 Å². The van der Waals surface area contributed by atoms with Crippen molar-refractivity contribution in [2.75, 3.05) is 46.5 Å². The molecule has 1 saturated heterocycles. The Morgan fingerprint density at radius 3 is 2.61 bits per heavy atom. The monoisotopic (exact) mass is 544 g/mol. The van der Waals surface area contributed by atoms with Gasteiger partial charge in [-0.3, -0.25) is 0 Å². The molecule has 0 radical (unpaired) electrons. The summed E-state index contributed by atoms with van der Waals surface area (Å²) in [6, 6.07) is 10.4. The lowest BCUT2D eigenvalue weighted by atomic mass is 9.98. The third kappa shape index (κ3) is 6.74. The van der Waals surface area contributed by atoms with Crippen LogP contribution in [0.4, 0.5) is 4.39 Å². The first kappa shape index (κ1) is 28.5. The summed E-state index contributed by atoms with van der Waals surface area (Å²) in [5.74, 6) is 5.98. The average Bonchev–Trinajstić information content (AvgIpc) is 2.90. The van der Waals surface area contributed by atoms with Crippen LogP contribution in [-0.2, 0) is 14.8 Å². The number of likely N-dealkylation sites (N-methyl/N-ethyl adjacent to an activating group) is 1. The summed E-state index contributed by atoms with van der Waals surface area (Å²) in [6.45, 7) is 6.71. The molecule has 7 nitrogen and oxygen atoms in total. The molecule has 3 atom stereocenters. The fraction of sp³-hybridized carbons (Fsp3) is 0.517. The van der Waals surface area contributed by atoms with Crippen molar-refractivity contribution in [1.82, 2.24) is 9.21 Å². The third-order valence-electron chi connectivity index (χ3n) is 7.28. The molecular weight excluding hydrogens is 507 g/mol. The van der Waals surface area contributed by atoms with Crippen LogP contribution < -0.4 is 4.74 Å². The van der Waals surface area contributed by atoms with E-state index in [0.717, 1.165) is 32.6 Å². The van der Waals surface area contributed by atoms with Crippen molar-refractivity contribution in [2.45, 2.75) is 43.7 Å². The zero-order chi connectivity index (χ0) is 27.3. The van der Waals surface area contributed by atoms with Crippen molar-refractivity contribution in [3.63, 3.8) is 0 Å². The van der Waals surface area contributed by atoms with E-state index >= 15 is 0 Å². The number of rotatable bonds is 6. The molecule has 2 aromatic carbocycles. The molecule has 1 N–H and O–H groups in total. The number of sulfonamides is 1. The summed E-state index contributed by atoms with van der Waals surface area (Å²) in [7, 11) is -1.88. The minimum absolute atomic E-state index is 0.0400. The Hall–Kier alpha value is -2.48. The lowest BCUT2D eigenvalue weighted by Crippen LogP contribution is -2.50. The Labute approximate surface area is 225 Å². The van der Waals surface area contributed by atoms with Gasteiger partial charge in [-0.2, -0.15) is 4.31 Å². The molecule has 9 heteroatoms. The largest absolute Gasteiger partial charge is 0.487 e. The summed E-state index contributed by atoms with van der Waals surface area (Å²) >= 11 is 0. The fourth-order valence-electron chi connectivity index (χ4n) is 4.97. The number of benzene rings is 2. The molecule has 0 spiro atoms. The van der Waals surface area contributed by atoms with Crippen molar-refractivity contribution >= 4 is 10.0 Å². The van der Waals surface area contributed by atoms with Crippen LogP contribution in [0.3, 0.4) is 0 Å².